The third kappa shape index (κ3) is 2.22. The van der Waals surface area contributed by atoms with Crippen molar-refractivity contribution < 1.29 is 4.39 Å². The number of nitrogens with zero attached hydrogens (tertiary/aromatic N) is 1. The Morgan fingerprint density at radius 2 is 2.33 bits per heavy atom. The molecule has 0 aliphatic carbocycles. The van der Waals surface area contributed by atoms with Gasteiger partial charge in [0.2, 0.25) is 0 Å². The van der Waals surface area contributed by atoms with Crippen molar-refractivity contribution in [1.82, 2.24) is 10.3 Å². The summed E-state index contributed by atoms with van der Waals surface area (Å²) in [5.41, 5.74) is 0.896. The number of halogens is 1. The number of thiazole rings is 1. The second-order valence-electron chi connectivity index (χ2n) is 3.15. The van der Waals surface area contributed by atoms with E-state index in [9.17, 15) is 4.39 Å². The fourth-order valence-corrected chi connectivity index (χ4v) is 2.27. The Morgan fingerprint density at radius 1 is 1.47 bits per heavy atom. The van der Waals surface area contributed by atoms with E-state index in [4.69, 9.17) is 0 Å². The standard InChI is InChI=1S/C11H11FN2S/c1-13-10(11-14-5-6-15-11)8-3-2-4-9(12)7-8/h2-7,10,13H,1H3. The molecule has 1 aromatic carbocycles. The summed E-state index contributed by atoms with van der Waals surface area (Å²) in [5.74, 6) is -0.218. The van der Waals surface area contributed by atoms with Gasteiger partial charge in [-0.15, -0.1) is 11.3 Å². The van der Waals surface area contributed by atoms with Crippen molar-refractivity contribution >= 4 is 11.3 Å². The predicted molar refractivity (Wildman–Crippen MR) is 59.4 cm³/mol. The molecular weight excluding hydrogens is 211 g/mol. The average Bonchev–Trinajstić information content (AvgIpc) is 2.72. The molecule has 0 amide bonds. The molecule has 0 saturated heterocycles. The molecule has 0 aliphatic rings. The Hall–Kier alpha value is -1.26. The first-order chi connectivity index (χ1) is 7.31. The summed E-state index contributed by atoms with van der Waals surface area (Å²) in [6.45, 7) is 0. The van der Waals surface area contributed by atoms with Gasteiger partial charge in [-0.25, -0.2) is 9.37 Å². The maximum atomic E-state index is 13.1. The second kappa shape index (κ2) is 4.51. The van der Waals surface area contributed by atoms with Crippen LogP contribution in [0, 0.1) is 5.82 Å². The molecule has 1 aromatic heterocycles. The topological polar surface area (TPSA) is 24.9 Å². The van der Waals surface area contributed by atoms with Gasteiger partial charge in [-0.3, -0.25) is 0 Å². The van der Waals surface area contributed by atoms with Crippen molar-refractivity contribution in [1.29, 1.82) is 0 Å². The lowest BCUT2D eigenvalue weighted by Gasteiger charge is -2.13. The first-order valence-corrected chi connectivity index (χ1v) is 5.51. The lowest BCUT2D eigenvalue weighted by atomic mass is 10.1. The summed E-state index contributed by atoms with van der Waals surface area (Å²) in [6, 6.07) is 6.55. The number of hydrogen-bond donors (Lipinski definition) is 1. The van der Waals surface area contributed by atoms with Gasteiger partial charge in [-0.2, -0.15) is 0 Å². The number of rotatable bonds is 3. The highest BCUT2D eigenvalue weighted by atomic mass is 32.1. The van der Waals surface area contributed by atoms with Gasteiger partial charge >= 0.3 is 0 Å². The molecule has 0 saturated carbocycles. The molecule has 2 nitrogen and oxygen atoms in total. The van der Waals surface area contributed by atoms with Crippen molar-refractivity contribution in [2.45, 2.75) is 6.04 Å². The van der Waals surface area contributed by atoms with Gasteiger partial charge in [0.25, 0.3) is 0 Å². The molecule has 0 radical (unpaired) electrons. The van der Waals surface area contributed by atoms with E-state index in [0.717, 1.165) is 10.6 Å². The van der Waals surface area contributed by atoms with Crippen molar-refractivity contribution in [3.8, 4) is 0 Å². The summed E-state index contributed by atoms with van der Waals surface area (Å²) in [5, 5.41) is 5.99. The van der Waals surface area contributed by atoms with Crippen LogP contribution in [0.15, 0.2) is 35.8 Å². The van der Waals surface area contributed by atoms with Crippen LogP contribution in [0.2, 0.25) is 0 Å². The Kier molecular flexibility index (Phi) is 3.08. The van der Waals surface area contributed by atoms with Gasteiger partial charge in [0.05, 0.1) is 6.04 Å². The summed E-state index contributed by atoms with van der Waals surface area (Å²) in [7, 11) is 1.84. The molecule has 1 N–H and O–H groups in total. The summed E-state index contributed by atoms with van der Waals surface area (Å²) in [6.07, 6.45) is 1.75. The highest BCUT2D eigenvalue weighted by Gasteiger charge is 2.14. The third-order valence-electron chi connectivity index (χ3n) is 2.17. The second-order valence-corrected chi connectivity index (χ2v) is 4.07. The Labute approximate surface area is 91.8 Å². The molecular formula is C11H11FN2S. The zero-order valence-corrected chi connectivity index (χ0v) is 9.09. The minimum atomic E-state index is -0.218. The normalized spacial score (nSPS) is 12.7. The molecule has 15 heavy (non-hydrogen) atoms. The average molecular weight is 222 g/mol. The molecule has 1 unspecified atom stereocenters. The largest absolute Gasteiger partial charge is 0.307 e. The van der Waals surface area contributed by atoms with Gasteiger partial charge in [-0.05, 0) is 24.7 Å². The number of hydrogen-bond acceptors (Lipinski definition) is 3. The summed E-state index contributed by atoms with van der Waals surface area (Å²) in [4.78, 5) is 4.23. The molecule has 4 heteroatoms. The minimum absolute atomic E-state index is 0.0271. The highest BCUT2D eigenvalue weighted by molar-refractivity contribution is 7.09. The maximum absolute atomic E-state index is 13.1. The molecule has 0 bridgehead atoms. The van der Waals surface area contributed by atoms with Gasteiger partial charge in [0.1, 0.15) is 10.8 Å². The van der Waals surface area contributed by atoms with E-state index in [0.29, 0.717) is 0 Å². The highest BCUT2D eigenvalue weighted by Crippen LogP contribution is 2.23. The van der Waals surface area contributed by atoms with E-state index >= 15 is 0 Å². The van der Waals surface area contributed by atoms with Crippen molar-refractivity contribution in [3.05, 3.63) is 52.2 Å². The van der Waals surface area contributed by atoms with Crippen LogP contribution < -0.4 is 5.32 Å². The van der Waals surface area contributed by atoms with Crippen LogP contribution in [0.1, 0.15) is 16.6 Å². The first kappa shape index (κ1) is 10.3. The minimum Gasteiger partial charge on any atom is -0.307 e. The molecule has 0 spiro atoms. The van der Waals surface area contributed by atoms with E-state index in [1.165, 1.54) is 12.1 Å². The van der Waals surface area contributed by atoms with E-state index in [1.54, 1.807) is 23.6 Å². The number of benzene rings is 1. The Bertz CT molecular complexity index is 428. The van der Waals surface area contributed by atoms with Crippen LogP contribution in [0.5, 0.6) is 0 Å². The monoisotopic (exact) mass is 222 g/mol. The van der Waals surface area contributed by atoms with Crippen molar-refractivity contribution in [3.63, 3.8) is 0 Å². The first-order valence-electron chi connectivity index (χ1n) is 4.63. The van der Waals surface area contributed by atoms with Crippen LogP contribution in [-0.2, 0) is 0 Å². The van der Waals surface area contributed by atoms with Crippen LogP contribution in [0.25, 0.3) is 0 Å². The maximum Gasteiger partial charge on any atom is 0.123 e. The number of aromatic nitrogens is 1. The van der Waals surface area contributed by atoms with E-state index in [-0.39, 0.29) is 11.9 Å². The van der Waals surface area contributed by atoms with Gasteiger partial charge < -0.3 is 5.32 Å². The Morgan fingerprint density at radius 3 is 2.93 bits per heavy atom. The number of nitrogens with one attached hydrogen (secondary N) is 1. The molecule has 0 aliphatic heterocycles. The Balaban J connectivity index is 2.35. The summed E-state index contributed by atoms with van der Waals surface area (Å²) < 4.78 is 13.1. The molecule has 0 fully saturated rings. The van der Waals surface area contributed by atoms with E-state index < -0.39 is 0 Å². The zero-order valence-electron chi connectivity index (χ0n) is 8.27. The fourth-order valence-electron chi connectivity index (χ4n) is 1.50. The smallest absolute Gasteiger partial charge is 0.123 e. The van der Waals surface area contributed by atoms with E-state index in [2.05, 4.69) is 10.3 Å². The predicted octanol–water partition coefficient (Wildman–Crippen LogP) is 2.59. The fraction of sp³-hybridized carbons (Fsp3) is 0.182. The molecule has 2 rings (SSSR count). The van der Waals surface area contributed by atoms with Gasteiger partial charge in [0.15, 0.2) is 0 Å². The van der Waals surface area contributed by atoms with Crippen LogP contribution in [0.3, 0.4) is 0 Å². The SMILES string of the molecule is CNC(c1cccc(F)c1)c1nccs1. The molecule has 78 valence electrons. The van der Waals surface area contributed by atoms with Crippen LogP contribution in [0.4, 0.5) is 4.39 Å². The van der Waals surface area contributed by atoms with Gasteiger partial charge in [0, 0.05) is 11.6 Å². The summed E-state index contributed by atoms with van der Waals surface area (Å²) >= 11 is 1.56. The van der Waals surface area contributed by atoms with Crippen LogP contribution in [-0.4, -0.2) is 12.0 Å². The molecule has 1 atom stereocenters. The molecule has 2 aromatic rings. The van der Waals surface area contributed by atoms with Crippen molar-refractivity contribution in [2.75, 3.05) is 7.05 Å². The van der Waals surface area contributed by atoms with Gasteiger partial charge in [-0.1, -0.05) is 12.1 Å². The lowest BCUT2D eigenvalue weighted by molar-refractivity contribution is 0.616. The van der Waals surface area contributed by atoms with Crippen LogP contribution >= 0.6 is 11.3 Å². The third-order valence-corrected chi connectivity index (χ3v) is 3.01. The van der Waals surface area contributed by atoms with E-state index in [1.807, 2.05) is 18.5 Å². The molecule has 1 heterocycles. The lowest BCUT2D eigenvalue weighted by Crippen LogP contribution is -2.17. The quantitative estimate of drug-likeness (QED) is 0.863. The zero-order chi connectivity index (χ0) is 10.7. The van der Waals surface area contributed by atoms with Crippen molar-refractivity contribution in [2.24, 2.45) is 0 Å².